The predicted octanol–water partition coefficient (Wildman–Crippen LogP) is 4.38. The molecule has 0 amide bonds. The monoisotopic (exact) mass is 402 g/mol. The molecule has 0 fully saturated rings. The Hall–Kier alpha value is -3.93. The van der Waals surface area contributed by atoms with Gasteiger partial charge in [0.2, 0.25) is 0 Å². The van der Waals surface area contributed by atoms with Crippen LogP contribution in [0.2, 0.25) is 0 Å². The molecular weight excluding hydrogens is 380 g/mol. The number of methoxy groups -OCH3 is 2. The van der Waals surface area contributed by atoms with Crippen LogP contribution < -0.4 is 20.3 Å². The first kappa shape index (κ1) is 19.4. The molecule has 1 unspecified atom stereocenters. The first-order chi connectivity index (χ1) is 14.6. The first-order valence-corrected chi connectivity index (χ1v) is 9.48. The van der Waals surface area contributed by atoms with Crippen LogP contribution >= 0.6 is 0 Å². The minimum absolute atomic E-state index is 0.150. The van der Waals surface area contributed by atoms with Crippen LogP contribution in [0.15, 0.2) is 83.7 Å². The highest BCUT2D eigenvalue weighted by atomic mass is 16.5. The summed E-state index contributed by atoms with van der Waals surface area (Å²) >= 11 is 0. The third-order valence-corrected chi connectivity index (χ3v) is 5.00. The van der Waals surface area contributed by atoms with Gasteiger partial charge in [-0.05, 0) is 66.2 Å². The second-order valence-electron chi connectivity index (χ2n) is 6.83. The van der Waals surface area contributed by atoms with Crippen LogP contribution in [0, 0.1) is 0 Å². The smallest absolute Gasteiger partial charge is 0.252 e. The molecule has 1 heterocycles. The Labute approximate surface area is 173 Å². The van der Waals surface area contributed by atoms with Crippen LogP contribution in [0.4, 0.5) is 5.69 Å². The third-order valence-electron chi connectivity index (χ3n) is 5.00. The largest absolute Gasteiger partial charge is 0.508 e. The van der Waals surface area contributed by atoms with Gasteiger partial charge in [-0.1, -0.05) is 12.1 Å². The van der Waals surface area contributed by atoms with E-state index < -0.39 is 6.17 Å². The number of hydrogen-bond acceptors (Lipinski definition) is 5. The highest BCUT2D eigenvalue weighted by Crippen LogP contribution is 2.28. The van der Waals surface area contributed by atoms with Gasteiger partial charge in [-0.25, -0.2) is 0 Å². The van der Waals surface area contributed by atoms with Crippen molar-refractivity contribution in [1.82, 2.24) is 4.57 Å². The van der Waals surface area contributed by atoms with Gasteiger partial charge < -0.3 is 19.9 Å². The molecule has 4 aromatic rings. The van der Waals surface area contributed by atoms with Crippen molar-refractivity contribution < 1.29 is 14.6 Å². The molecule has 0 spiro atoms. The van der Waals surface area contributed by atoms with Gasteiger partial charge in [-0.3, -0.25) is 9.36 Å². The predicted molar refractivity (Wildman–Crippen MR) is 118 cm³/mol. The summed E-state index contributed by atoms with van der Waals surface area (Å²) < 4.78 is 12.2. The Bertz CT molecular complexity index is 1210. The summed E-state index contributed by atoms with van der Waals surface area (Å²) in [5, 5.41) is 14.1. The number of nitrogens with one attached hydrogen (secondary N) is 1. The number of rotatable bonds is 6. The molecule has 0 radical (unpaired) electrons. The van der Waals surface area contributed by atoms with Crippen LogP contribution in [0.3, 0.4) is 0 Å². The van der Waals surface area contributed by atoms with Crippen molar-refractivity contribution >= 4 is 16.6 Å². The molecule has 2 N–H and O–H groups in total. The van der Waals surface area contributed by atoms with E-state index in [9.17, 15) is 9.90 Å². The second-order valence-corrected chi connectivity index (χ2v) is 6.83. The Morgan fingerprint density at radius 1 is 0.833 bits per heavy atom. The fraction of sp³-hybridized carbons (Fsp3) is 0.125. The van der Waals surface area contributed by atoms with Crippen molar-refractivity contribution in [3.63, 3.8) is 0 Å². The zero-order valence-electron chi connectivity index (χ0n) is 16.7. The van der Waals surface area contributed by atoms with Gasteiger partial charge in [0.05, 0.1) is 19.7 Å². The molecule has 30 heavy (non-hydrogen) atoms. The van der Waals surface area contributed by atoms with Crippen molar-refractivity contribution in [3.05, 3.63) is 94.8 Å². The van der Waals surface area contributed by atoms with Gasteiger partial charge in [-0.15, -0.1) is 0 Å². The minimum Gasteiger partial charge on any atom is -0.508 e. The average molecular weight is 402 g/mol. The lowest BCUT2D eigenvalue weighted by atomic mass is 10.1. The molecule has 0 saturated carbocycles. The maximum Gasteiger partial charge on any atom is 0.252 e. The normalized spacial score (nSPS) is 11.8. The number of anilines is 1. The average Bonchev–Trinajstić information content (AvgIpc) is 2.78. The molecule has 0 aliphatic rings. The molecular formula is C24H22N2O4. The number of ether oxygens (including phenoxy) is 2. The summed E-state index contributed by atoms with van der Waals surface area (Å²) in [6.07, 6.45) is -0.481. The number of benzene rings is 3. The molecule has 0 bridgehead atoms. The Morgan fingerprint density at radius 3 is 2.10 bits per heavy atom. The van der Waals surface area contributed by atoms with Gasteiger partial charge in [0.25, 0.3) is 5.56 Å². The SMILES string of the molecule is COc1ccc(NC(c2ccc(OC)cc2)n2c(=O)ccc3cc(O)ccc32)cc1. The van der Waals surface area contributed by atoms with Crippen molar-refractivity contribution in [2.24, 2.45) is 0 Å². The molecule has 4 rings (SSSR count). The van der Waals surface area contributed by atoms with E-state index in [1.54, 1.807) is 43.1 Å². The maximum atomic E-state index is 13.0. The van der Waals surface area contributed by atoms with Crippen molar-refractivity contribution in [3.8, 4) is 17.2 Å². The van der Waals surface area contributed by atoms with Crippen LogP contribution in [0.25, 0.3) is 10.9 Å². The fourth-order valence-electron chi connectivity index (χ4n) is 3.45. The number of phenols is 1. The van der Waals surface area contributed by atoms with Crippen LogP contribution in [0.1, 0.15) is 11.7 Å². The van der Waals surface area contributed by atoms with Crippen molar-refractivity contribution in [1.29, 1.82) is 0 Å². The van der Waals surface area contributed by atoms with E-state index in [2.05, 4.69) is 5.32 Å². The van der Waals surface area contributed by atoms with E-state index in [1.807, 2.05) is 48.5 Å². The summed E-state index contributed by atoms with van der Waals surface area (Å²) in [5.74, 6) is 1.63. The van der Waals surface area contributed by atoms with Crippen LogP contribution in [0.5, 0.6) is 17.2 Å². The van der Waals surface area contributed by atoms with Crippen LogP contribution in [-0.2, 0) is 0 Å². The number of aromatic hydroxyl groups is 1. The van der Waals surface area contributed by atoms with Crippen molar-refractivity contribution in [2.75, 3.05) is 19.5 Å². The van der Waals surface area contributed by atoms with E-state index in [0.29, 0.717) is 5.52 Å². The summed E-state index contributed by atoms with van der Waals surface area (Å²) in [6, 6.07) is 23.3. The van der Waals surface area contributed by atoms with E-state index in [0.717, 1.165) is 28.1 Å². The Kier molecular flexibility index (Phi) is 5.30. The van der Waals surface area contributed by atoms with Crippen LogP contribution in [-0.4, -0.2) is 23.9 Å². The summed E-state index contributed by atoms with van der Waals surface area (Å²) in [6.45, 7) is 0. The molecule has 3 aromatic carbocycles. The third kappa shape index (κ3) is 3.80. The molecule has 152 valence electrons. The lowest BCUT2D eigenvalue weighted by Crippen LogP contribution is -2.30. The zero-order chi connectivity index (χ0) is 21.1. The van der Waals surface area contributed by atoms with E-state index in [4.69, 9.17) is 9.47 Å². The van der Waals surface area contributed by atoms with Gasteiger partial charge in [0.1, 0.15) is 23.4 Å². The minimum atomic E-state index is -0.481. The number of fused-ring (bicyclic) bond motifs is 1. The maximum absolute atomic E-state index is 13.0. The fourth-order valence-corrected chi connectivity index (χ4v) is 3.45. The Morgan fingerprint density at radius 2 is 1.47 bits per heavy atom. The number of phenolic OH excluding ortho intramolecular Hbond substituents is 1. The summed E-state index contributed by atoms with van der Waals surface area (Å²) in [5.41, 5.74) is 2.27. The first-order valence-electron chi connectivity index (χ1n) is 9.48. The van der Waals surface area contributed by atoms with Gasteiger partial charge in [0.15, 0.2) is 0 Å². The summed E-state index contributed by atoms with van der Waals surface area (Å²) in [4.78, 5) is 13.0. The molecule has 6 nitrogen and oxygen atoms in total. The molecule has 0 aliphatic heterocycles. The Balaban J connectivity index is 1.87. The lowest BCUT2D eigenvalue weighted by Gasteiger charge is -2.25. The highest BCUT2D eigenvalue weighted by Gasteiger charge is 2.18. The van der Waals surface area contributed by atoms with Gasteiger partial charge >= 0.3 is 0 Å². The number of nitrogens with zero attached hydrogens (tertiary/aromatic N) is 1. The van der Waals surface area contributed by atoms with E-state index in [1.165, 1.54) is 6.07 Å². The molecule has 6 heteroatoms. The van der Waals surface area contributed by atoms with Crippen molar-refractivity contribution in [2.45, 2.75) is 6.17 Å². The topological polar surface area (TPSA) is 72.7 Å². The van der Waals surface area contributed by atoms with Gasteiger partial charge in [-0.2, -0.15) is 0 Å². The number of pyridine rings is 1. The zero-order valence-corrected chi connectivity index (χ0v) is 16.7. The number of hydrogen-bond donors (Lipinski definition) is 2. The molecule has 1 aromatic heterocycles. The van der Waals surface area contributed by atoms with E-state index >= 15 is 0 Å². The standard InChI is InChI=1S/C24H22N2O4/c1-29-20-9-3-16(4-10-20)24(25-18-6-11-21(30-2)12-7-18)26-22-13-8-19(27)15-17(22)5-14-23(26)28/h3-15,24-25,27H,1-2H3. The quantitative estimate of drug-likeness (QED) is 0.501. The number of aromatic nitrogens is 1. The summed E-state index contributed by atoms with van der Waals surface area (Å²) in [7, 11) is 3.23. The highest BCUT2D eigenvalue weighted by molar-refractivity contribution is 5.81. The second kappa shape index (κ2) is 8.21. The molecule has 0 aliphatic carbocycles. The molecule has 0 saturated heterocycles. The van der Waals surface area contributed by atoms with E-state index in [-0.39, 0.29) is 11.3 Å². The lowest BCUT2D eigenvalue weighted by molar-refractivity contribution is 0.414. The van der Waals surface area contributed by atoms with Gasteiger partial charge in [0, 0.05) is 17.1 Å². The molecule has 1 atom stereocenters.